The number of anilines is 2. The molecule has 0 amide bonds. The minimum Gasteiger partial charge on any atom is -0.355 e. The van der Waals surface area contributed by atoms with Crippen molar-refractivity contribution in [2.24, 2.45) is 5.73 Å². The standard InChI is InChI=1S/C14H12FN3/c15-13-5-2-6-14(12(13)9-17)18-11-4-1-3-10(7-11)8-16/h1-7,18H,9,17H2. The summed E-state index contributed by atoms with van der Waals surface area (Å²) in [5, 5.41) is 11.9. The molecule has 0 atom stereocenters. The number of hydrogen-bond acceptors (Lipinski definition) is 3. The first-order chi connectivity index (χ1) is 8.74. The predicted molar refractivity (Wildman–Crippen MR) is 68.7 cm³/mol. The second-order valence-electron chi connectivity index (χ2n) is 3.79. The molecule has 2 aromatic carbocycles. The van der Waals surface area contributed by atoms with Crippen molar-refractivity contribution in [1.29, 1.82) is 5.26 Å². The fourth-order valence-electron chi connectivity index (χ4n) is 1.71. The summed E-state index contributed by atoms with van der Waals surface area (Å²) in [5.74, 6) is -0.334. The van der Waals surface area contributed by atoms with E-state index in [1.165, 1.54) is 6.07 Å². The van der Waals surface area contributed by atoms with Crippen molar-refractivity contribution >= 4 is 11.4 Å². The highest BCUT2D eigenvalue weighted by atomic mass is 19.1. The molecule has 0 aliphatic carbocycles. The number of hydrogen-bond donors (Lipinski definition) is 2. The van der Waals surface area contributed by atoms with Crippen molar-refractivity contribution in [1.82, 2.24) is 0 Å². The Morgan fingerprint density at radius 2 is 2.00 bits per heavy atom. The van der Waals surface area contributed by atoms with Gasteiger partial charge in [0.15, 0.2) is 0 Å². The van der Waals surface area contributed by atoms with Gasteiger partial charge in [-0.1, -0.05) is 12.1 Å². The fraction of sp³-hybridized carbons (Fsp3) is 0.0714. The summed E-state index contributed by atoms with van der Waals surface area (Å²) in [6, 6.07) is 13.8. The van der Waals surface area contributed by atoms with Crippen LogP contribution in [0.1, 0.15) is 11.1 Å². The van der Waals surface area contributed by atoms with Gasteiger partial charge in [-0.3, -0.25) is 0 Å². The van der Waals surface area contributed by atoms with Crippen molar-refractivity contribution in [3.8, 4) is 6.07 Å². The van der Waals surface area contributed by atoms with Gasteiger partial charge in [0.2, 0.25) is 0 Å². The Balaban J connectivity index is 2.34. The smallest absolute Gasteiger partial charge is 0.129 e. The molecule has 0 radical (unpaired) electrons. The number of nitrogens with zero attached hydrogens (tertiary/aromatic N) is 1. The molecular formula is C14H12FN3. The zero-order valence-electron chi connectivity index (χ0n) is 9.65. The zero-order valence-corrected chi connectivity index (χ0v) is 9.65. The third-order valence-electron chi connectivity index (χ3n) is 2.59. The molecule has 0 heterocycles. The highest BCUT2D eigenvalue weighted by Gasteiger charge is 2.06. The molecule has 0 aliphatic heterocycles. The Labute approximate surface area is 105 Å². The van der Waals surface area contributed by atoms with Crippen LogP contribution in [0.4, 0.5) is 15.8 Å². The molecule has 0 fully saturated rings. The molecule has 0 unspecified atom stereocenters. The van der Waals surface area contributed by atoms with Gasteiger partial charge in [-0.2, -0.15) is 5.26 Å². The SMILES string of the molecule is N#Cc1cccc(Nc2cccc(F)c2CN)c1. The largest absolute Gasteiger partial charge is 0.355 e. The molecule has 18 heavy (non-hydrogen) atoms. The van der Waals surface area contributed by atoms with E-state index >= 15 is 0 Å². The lowest BCUT2D eigenvalue weighted by atomic mass is 10.1. The maximum absolute atomic E-state index is 13.5. The summed E-state index contributed by atoms with van der Waals surface area (Å²) in [6.07, 6.45) is 0. The topological polar surface area (TPSA) is 61.8 Å². The molecule has 2 aromatic rings. The van der Waals surface area contributed by atoms with Gasteiger partial charge in [-0.25, -0.2) is 4.39 Å². The molecule has 3 N–H and O–H groups in total. The van der Waals surface area contributed by atoms with Crippen LogP contribution in [0.15, 0.2) is 42.5 Å². The van der Waals surface area contributed by atoms with E-state index in [1.807, 2.05) is 6.07 Å². The Morgan fingerprint density at radius 1 is 1.22 bits per heavy atom. The van der Waals surface area contributed by atoms with Gasteiger partial charge in [0.05, 0.1) is 11.6 Å². The van der Waals surface area contributed by atoms with Crippen LogP contribution in [0, 0.1) is 17.1 Å². The third-order valence-corrected chi connectivity index (χ3v) is 2.59. The molecule has 3 nitrogen and oxygen atoms in total. The maximum atomic E-state index is 13.5. The summed E-state index contributed by atoms with van der Waals surface area (Å²) < 4.78 is 13.5. The molecule has 0 aliphatic rings. The van der Waals surface area contributed by atoms with E-state index in [1.54, 1.807) is 30.3 Å². The van der Waals surface area contributed by atoms with Gasteiger partial charge >= 0.3 is 0 Å². The number of nitrogens with one attached hydrogen (secondary N) is 1. The normalized spacial score (nSPS) is 9.83. The molecule has 0 saturated heterocycles. The van der Waals surface area contributed by atoms with Crippen LogP contribution >= 0.6 is 0 Å². The molecule has 0 spiro atoms. The number of halogens is 1. The van der Waals surface area contributed by atoms with Crippen molar-refractivity contribution in [2.75, 3.05) is 5.32 Å². The Kier molecular flexibility index (Phi) is 3.56. The van der Waals surface area contributed by atoms with Crippen molar-refractivity contribution in [3.63, 3.8) is 0 Å². The van der Waals surface area contributed by atoms with Gasteiger partial charge in [0.1, 0.15) is 5.82 Å². The number of nitriles is 1. The van der Waals surface area contributed by atoms with Gasteiger partial charge in [0.25, 0.3) is 0 Å². The summed E-state index contributed by atoms with van der Waals surface area (Å²) >= 11 is 0. The minimum atomic E-state index is -0.334. The van der Waals surface area contributed by atoms with Gasteiger partial charge in [0, 0.05) is 23.5 Å². The summed E-state index contributed by atoms with van der Waals surface area (Å²) in [6.45, 7) is 0.118. The molecule has 0 saturated carbocycles. The van der Waals surface area contributed by atoms with Gasteiger partial charge < -0.3 is 11.1 Å². The molecule has 90 valence electrons. The predicted octanol–water partition coefficient (Wildman–Crippen LogP) is 2.90. The highest BCUT2D eigenvalue weighted by Crippen LogP contribution is 2.23. The number of benzene rings is 2. The second-order valence-corrected chi connectivity index (χ2v) is 3.79. The molecular weight excluding hydrogens is 229 g/mol. The molecule has 0 aromatic heterocycles. The van der Waals surface area contributed by atoms with E-state index in [4.69, 9.17) is 11.0 Å². The minimum absolute atomic E-state index is 0.118. The van der Waals surface area contributed by atoms with E-state index in [0.717, 1.165) is 5.69 Å². The average Bonchev–Trinajstić information content (AvgIpc) is 2.39. The van der Waals surface area contributed by atoms with Crippen LogP contribution in [0.3, 0.4) is 0 Å². The Bertz CT molecular complexity index is 602. The Hall–Kier alpha value is -2.38. The van der Waals surface area contributed by atoms with E-state index in [0.29, 0.717) is 16.8 Å². The van der Waals surface area contributed by atoms with Gasteiger partial charge in [-0.05, 0) is 30.3 Å². The van der Waals surface area contributed by atoms with Gasteiger partial charge in [-0.15, -0.1) is 0 Å². The lowest BCUT2D eigenvalue weighted by molar-refractivity contribution is 0.611. The Morgan fingerprint density at radius 3 is 2.72 bits per heavy atom. The lowest BCUT2D eigenvalue weighted by Crippen LogP contribution is -2.04. The van der Waals surface area contributed by atoms with Crippen molar-refractivity contribution in [3.05, 3.63) is 59.4 Å². The first kappa shape index (κ1) is 12.1. The summed E-state index contributed by atoms with van der Waals surface area (Å²) in [7, 11) is 0. The highest BCUT2D eigenvalue weighted by molar-refractivity contribution is 5.64. The van der Waals surface area contributed by atoms with Crippen LogP contribution < -0.4 is 11.1 Å². The summed E-state index contributed by atoms with van der Waals surface area (Å²) in [4.78, 5) is 0. The van der Waals surface area contributed by atoms with E-state index in [2.05, 4.69) is 11.4 Å². The van der Waals surface area contributed by atoms with Crippen LogP contribution in [-0.4, -0.2) is 0 Å². The molecule has 4 heteroatoms. The quantitative estimate of drug-likeness (QED) is 0.868. The van der Waals surface area contributed by atoms with Crippen LogP contribution in [-0.2, 0) is 6.54 Å². The van der Waals surface area contributed by atoms with E-state index < -0.39 is 0 Å². The average molecular weight is 241 g/mol. The monoisotopic (exact) mass is 241 g/mol. The fourth-order valence-corrected chi connectivity index (χ4v) is 1.71. The first-order valence-electron chi connectivity index (χ1n) is 5.49. The molecule has 2 rings (SSSR count). The maximum Gasteiger partial charge on any atom is 0.129 e. The van der Waals surface area contributed by atoms with E-state index in [-0.39, 0.29) is 12.4 Å². The third kappa shape index (κ3) is 2.47. The number of rotatable bonds is 3. The molecule has 0 bridgehead atoms. The van der Waals surface area contributed by atoms with E-state index in [9.17, 15) is 4.39 Å². The second kappa shape index (κ2) is 5.30. The van der Waals surface area contributed by atoms with Crippen LogP contribution in [0.2, 0.25) is 0 Å². The lowest BCUT2D eigenvalue weighted by Gasteiger charge is -2.11. The van der Waals surface area contributed by atoms with Crippen LogP contribution in [0.25, 0.3) is 0 Å². The van der Waals surface area contributed by atoms with Crippen molar-refractivity contribution < 1.29 is 4.39 Å². The summed E-state index contributed by atoms with van der Waals surface area (Å²) in [5.41, 5.74) is 7.86. The first-order valence-corrected chi connectivity index (χ1v) is 5.49. The zero-order chi connectivity index (χ0) is 13.0. The van der Waals surface area contributed by atoms with Crippen molar-refractivity contribution in [2.45, 2.75) is 6.54 Å². The van der Waals surface area contributed by atoms with Crippen LogP contribution in [0.5, 0.6) is 0 Å². The number of nitrogens with two attached hydrogens (primary N) is 1.